The number of aromatic nitrogens is 2. The van der Waals surface area contributed by atoms with Gasteiger partial charge in [0.1, 0.15) is 5.82 Å². The van der Waals surface area contributed by atoms with Crippen LogP contribution in [0.3, 0.4) is 0 Å². The second-order valence-corrected chi connectivity index (χ2v) is 5.29. The van der Waals surface area contributed by atoms with E-state index in [0.29, 0.717) is 6.54 Å². The Hall–Kier alpha value is -2.14. The number of hydrogen-bond donors (Lipinski definition) is 1. The van der Waals surface area contributed by atoms with Gasteiger partial charge in [-0.05, 0) is 23.6 Å². The molecule has 0 unspecified atom stereocenters. The van der Waals surface area contributed by atoms with Crippen LogP contribution in [0.25, 0.3) is 11.0 Å². The molecule has 2 aromatic heterocycles. The lowest BCUT2D eigenvalue weighted by atomic mass is 10.3. The number of hydrogen-bond acceptors (Lipinski definition) is 3. The number of rotatable bonds is 3. The lowest BCUT2D eigenvalue weighted by molar-refractivity contribution is 0.0787. The molecule has 4 nitrogen and oxygen atoms in total. The summed E-state index contributed by atoms with van der Waals surface area (Å²) < 4.78 is 0. The van der Waals surface area contributed by atoms with Gasteiger partial charge in [-0.25, -0.2) is 4.98 Å². The van der Waals surface area contributed by atoms with E-state index in [1.807, 2.05) is 41.8 Å². The maximum absolute atomic E-state index is 12.1. The van der Waals surface area contributed by atoms with Gasteiger partial charge in [-0.2, -0.15) is 0 Å². The summed E-state index contributed by atoms with van der Waals surface area (Å²) in [7, 11) is 1.79. The Bertz CT molecular complexity index is 669. The minimum atomic E-state index is 0.0236. The molecule has 0 spiro atoms. The van der Waals surface area contributed by atoms with Gasteiger partial charge in [-0.1, -0.05) is 18.2 Å². The number of imidazole rings is 1. The minimum Gasteiger partial charge on any atom is -0.340 e. The third-order valence-corrected chi connectivity index (χ3v) is 3.76. The molecule has 0 radical (unpaired) electrons. The van der Waals surface area contributed by atoms with Gasteiger partial charge in [0.25, 0.3) is 5.91 Å². The molecule has 0 saturated heterocycles. The van der Waals surface area contributed by atoms with Crippen molar-refractivity contribution in [1.29, 1.82) is 0 Å². The molecule has 0 saturated carbocycles. The lowest BCUT2D eigenvalue weighted by Gasteiger charge is -2.14. The Morgan fingerprint density at radius 3 is 2.89 bits per heavy atom. The van der Waals surface area contributed by atoms with Gasteiger partial charge >= 0.3 is 0 Å². The van der Waals surface area contributed by atoms with Crippen LogP contribution in [-0.4, -0.2) is 27.8 Å². The zero-order valence-corrected chi connectivity index (χ0v) is 11.3. The number of thiophene rings is 1. The fourth-order valence-corrected chi connectivity index (χ4v) is 2.68. The van der Waals surface area contributed by atoms with Crippen LogP contribution in [0.15, 0.2) is 41.8 Å². The van der Waals surface area contributed by atoms with Crippen LogP contribution >= 0.6 is 11.3 Å². The predicted octanol–water partition coefficient (Wildman–Crippen LogP) is 2.90. The number of carbonyl (C=O) groups excluding carboxylic acids is 1. The number of carbonyl (C=O) groups is 1. The minimum absolute atomic E-state index is 0.0236. The van der Waals surface area contributed by atoms with Crippen molar-refractivity contribution in [2.24, 2.45) is 0 Å². The zero-order chi connectivity index (χ0) is 13.2. The molecule has 0 atom stereocenters. The smallest absolute Gasteiger partial charge is 0.264 e. The topological polar surface area (TPSA) is 49.0 Å². The van der Waals surface area contributed by atoms with Crippen LogP contribution in [0.1, 0.15) is 15.5 Å². The second kappa shape index (κ2) is 4.85. The van der Waals surface area contributed by atoms with Crippen molar-refractivity contribution in [1.82, 2.24) is 14.9 Å². The van der Waals surface area contributed by atoms with E-state index in [9.17, 15) is 4.79 Å². The first-order valence-corrected chi connectivity index (χ1v) is 6.84. The molecular weight excluding hydrogens is 258 g/mol. The predicted molar refractivity (Wildman–Crippen MR) is 76.2 cm³/mol. The first-order valence-electron chi connectivity index (χ1n) is 5.96. The highest BCUT2D eigenvalue weighted by Crippen LogP contribution is 2.14. The molecule has 0 fully saturated rings. The van der Waals surface area contributed by atoms with Crippen molar-refractivity contribution in [2.75, 3.05) is 7.05 Å². The first kappa shape index (κ1) is 11.9. The van der Waals surface area contributed by atoms with E-state index in [1.54, 1.807) is 11.9 Å². The van der Waals surface area contributed by atoms with Crippen molar-refractivity contribution in [2.45, 2.75) is 6.54 Å². The second-order valence-electron chi connectivity index (χ2n) is 4.34. The highest BCUT2D eigenvalue weighted by Gasteiger charge is 2.14. The van der Waals surface area contributed by atoms with Gasteiger partial charge in [0, 0.05) is 7.05 Å². The highest BCUT2D eigenvalue weighted by molar-refractivity contribution is 7.12. The highest BCUT2D eigenvalue weighted by atomic mass is 32.1. The summed E-state index contributed by atoms with van der Waals surface area (Å²) in [6.45, 7) is 0.478. The molecule has 1 N–H and O–H groups in total. The van der Waals surface area contributed by atoms with Crippen molar-refractivity contribution in [3.8, 4) is 0 Å². The molecule has 19 heavy (non-hydrogen) atoms. The molecule has 96 valence electrons. The largest absolute Gasteiger partial charge is 0.340 e. The van der Waals surface area contributed by atoms with E-state index in [-0.39, 0.29) is 5.91 Å². The van der Waals surface area contributed by atoms with Crippen LogP contribution in [0, 0.1) is 0 Å². The number of para-hydroxylation sites is 2. The number of nitrogens with zero attached hydrogens (tertiary/aromatic N) is 2. The molecule has 5 heteroatoms. The molecule has 3 rings (SSSR count). The summed E-state index contributed by atoms with van der Waals surface area (Å²) in [6.07, 6.45) is 0. The molecule has 1 amide bonds. The van der Waals surface area contributed by atoms with Crippen LogP contribution < -0.4 is 0 Å². The average molecular weight is 271 g/mol. The molecule has 1 aromatic carbocycles. The maximum atomic E-state index is 12.1. The molecule has 2 heterocycles. The van der Waals surface area contributed by atoms with Gasteiger partial charge in [0.05, 0.1) is 22.5 Å². The number of H-pyrrole nitrogens is 1. The van der Waals surface area contributed by atoms with Gasteiger partial charge in [0.2, 0.25) is 0 Å². The standard InChI is InChI=1S/C14H13N3OS/c1-17(14(18)12-7-4-8-19-12)9-13-15-10-5-2-3-6-11(10)16-13/h2-8H,9H2,1H3,(H,15,16). The Kier molecular flexibility index (Phi) is 3.05. The SMILES string of the molecule is CN(Cc1nc2ccccc2[nH]1)C(=O)c1cccs1. The lowest BCUT2D eigenvalue weighted by Crippen LogP contribution is -2.25. The molecule has 0 aliphatic rings. The number of nitrogens with one attached hydrogen (secondary N) is 1. The van der Waals surface area contributed by atoms with Gasteiger partial charge in [-0.3, -0.25) is 4.79 Å². The summed E-state index contributed by atoms with van der Waals surface area (Å²) in [5.41, 5.74) is 1.92. The summed E-state index contributed by atoms with van der Waals surface area (Å²) in [4.78, 5) is 22.2. The van der Waals surface area contributed by atoms with E-state index >= 15 is 0 Å². The zero-order valence-electron chi connectivity index (χ0n) is 10.5. The van der Waals surface area contributed by atoms with E-state index in [2.05, 4.69) is 9.97 Å². The average Bonchev–Trinajstić information content (AvgIpc) is 3.06. The van der Waals surface area contributed by atoms with Crippen molar-refractivity contribution in [3.63, 3.8) is 0 Å². The molecule has 3 aromatic rings. The van der Waals surface area contributed by atoms with Crippen LogP contribution in [-0.2, 0) is 6.54 Å². The quantitative estimate of drug-likeness (QED) is 0.796. The summed E-state index contributed by atoms with van der Waals surface area (Å²) in [6, 6.07) is 11.6. The van der Waals surface area contributed by atoms with E-state index in [4.69, 9.17) is 0 Å². The normalized spacial score (nSPS) is 10.8. The van der Waals surface area contributed by atoms with Gasteiger partial charge in [0.15, 0.2) is 0 Å². The molecule has 0 aliphatic heterocycles. The Morgan fingerprint density at radius 2 is 2.16 bits per heavy atom. The third kappa shape index (κ3) is 2.37. The molecule has 0 aliphatic carbocycles. The summed E-state index contributed by atoms with van der Waals surface area (Å²) in [5, 5.41) is 1.91. The number of amides is 1. The van der Waals surface area contributed by atoms with Crippen molar-refractivity contribution < 1.29 is 4.79 Å². The van der Waals surface area contributed by atoms with E-state index < -0.39 is 0 Å². The third-order valence-electron chi connectivity index (χ3n) is 2.90. The number of fused-ring (bicyclic) bond motifs is 1. The summed E-state index contributed by atoms with van der Waals surface area (Å²) >= 11 is 1.45. The molecular formula is C14H13N3OS. The summed E-state index contributed by atoms with van der Waals surface area (Å²) in [5.74, 6) is 0.823. The fraction of sp³-hybridized carbons (Fsp3) is 0.143. The molecule has 0 bridgehead atoms. The van der Waals surface area contributed by atoms with Crippen LogP contribution in [0.4, 0.5) is 0 Å². The number of benzene rings is 1. The van der Waals surface area contributed by atoms with E-state index in [1.165, 1.54) is 11.3 Å². The van der Waals surface area contributed by atoms with Crippen LogP contribution in [0.5, 0.6) is 0 Å². The van der Waals surface area contributed by atoms with Gasteiger partial charge in [-0.15, -0.1) is 11.3 Å². The fourth-order valence-electron chi connectivity index (χ4n) is 1.97. The number of aromatic amines is 1. The van der Waals surface area contributed by atoms with Gasteiger partial charge < -0.3 is 9.88 Å². The monoisotopic (exact) mass is 271 g/mol. The maximum Gasteiger partial charge on any atom is 0.264 e. The first-order chi connectivity index (χ1) is 9.24. The van der Waals surface area contributed by atoms with E-state index in [0.717, 1.165) is 21.7 Å². The van der Waals surface area contributed by atoms with Crippen molar-refractivity contribution in [3.05, 3.63) is 52.5 Å². The van der Waals surface area contributed by atoms with Crippen molar-refractivity contribution >= 4 is 28.3 Å². The van der Waals surface area contributed by atoms with Crippen LogP contribution in [0.2, 0.25) is 0 Å². The Morgan fingerprint density at radius 1 is 1.32 bits per heavy atom. The Balaban J connectivity index is 1.79. The Labute approximate surface area is 114 Å².